The van der Waals surface area contributed by atoms with E-state index in [0.29, 0.717) is 5.92 Å². The van der Waals surface area contributed by atoms with Gasteiger partial charge in [-0.05, 0) is 25.7 Å². The monoisotopic (exact) mass is 168 g/mol. The molecule has 2 atom stereocenters. The van der Waals surface area contributed by atoms with Crippen LogP contribution in [0, 0.1) is 11.8 Å². The molecular weight excluding hydrogens is 152 g/mol. The van der Waals surface area contributed by atoms with Crippen molar-refractivity contribution in [3.63, 3.8) is 0 Å². The summed E-state index contributed by atoms with van der Waals surface area (Å²) in [5.41, 5.74) is 1.17. The third-order valence-corrected chi connectivity index (χ3v) is 2.60. The van der Waals surface area contributed by atoms with Gasteiger partial charge in [0, 0.05) is 0 Å². The van der Waals surface area contributed by atoms with Crippen molar-refractivity contribution in [3.05, 3.63) is 11.6 Å². The van der Waals surface area contributed by atoms with Crippen molar-refractivity contribution in [2.45, 2.75) is 26.7 Å². The van der Waals surface area contributed by atoms with Crippen LogP contribution in [0.4, 0.5) is 0 Å². The zero-order valence-electron chi connectivity index (χ0n) is 7.96. The van der Waals surface area contributed by atoms with Gasteiger partial charge in [-0.3, -0.25) is 4.79 Å². The number of hydrogen-bond acceptors (Lipinski definition) is 2. The predicted molar refractivity (Wildman–Crippen MR) is 47.7 cm³/mol. The Hall–Kier alpha value is -0.790. The predicted octanol–water partition coefficient (Wildman–Crippen LogP) is 2.15. The molecule has 0 heterocycles. The zero-order valence-corrected chi connectivity index (χ0v) is 7.96. The van der Waals surface area contributed by atoms with E-state index in [0.717, 1.165) is 12.8 Å². The molecule has 0 saturated carbocycles. The Bertz CT molecular complexity index is 206. The zero-order chi connectivity index (χ0) is 9.14. The summed E-state index contributed by atoms with van der Waals surface area (Å²) in [5, 5.41) is 0. The maximum absolute atomic E-state index is 11.3. The molecule has 68 valence electrons. The van der Waals surface area contributed by atoms with Crippen LogP contribution in [0.25, 0.3) is 0 Å². The first kappa shape index (κ1) is 9.30. The molecule has 0 aliphatic heterocycles. The van der Waals surface area contributed by atoms with Gasteiger partial charge in [-0.2, -0.15) is 0 Å². The van der Waals surface area contributed by atoms with Crippen LogP contribution >= 0.6 is 0 Å². The molecule has 2 heteroatoms. The van der Waals surface area contributed by atoms with E-state index >= 15 is 0 Å². The summed E-state index contributed by atoms with van der Waals surface area (Å²) >= 11 is 0. The third-order valence-electron chi connectivity index (χ3n) is 2.60. The number of allylic oxidation sites excluding steroid dienone is 1. The van der Waals surface area contributed by atoms with Gasteiger partial charge in [-0.15, -0.1) is 0 Å². The number of methoxy groups -OCH3 is 1. The molecule has 0 bridgehead atoms. The van der Waals surface area contributed by atoms with E-state index in [-0.39, 0.29) is 11.9 Å². The van der Waals surface area contributed by atoms with Crippen molar-refractivity contribution in [2.75, 3.05) is 7.11 Å². The Labute approximate surface area is 73.6 Å². The molecule has 0 spiro atoms. The molecule has 0 radical (unpaired) electrons. The Morgan fingerprint density at radius 2 is 2.33 bits per heavy atom. The first-order chi connectivity index (χ1) is 5.66. The van der Waals surface area contributed by atoms with E-state index in [9.17, 15) is 4.79 Å². The fourth-order valence-electron chi connectivity index (χ4n) is 1.86. The van der Waals surface area contributed by atoms with Crippen molar-refractivity contribution in [2.24, 2.45) is 11.8 Å². The molecule has 0 amide bonds. The van der Waals surface area contributed by atoms with Gasteiger partial charge in [0.1, 0.15) is 0 Å². The quantitative estimate of drug-likeness (QED) is 0.443. The number of carbonyl (C=O) groups excluding carboxylic acids is 1. The maximum atomic E-state index is 11.3. The molecule has 0 aromatic heterocycles. The van der Waals surface area contributed by atoms with Crippen LogP contribution < -0.4 is 0 Å². The smallest absolute Gasteiger partial charge is 0.313 e. The number of ether oxygens (including phenoxy) is 1. The average Bonchev–Trinajstić information content (AvgIpc) is 2.03. The molecule has 0 aromatic carbocycles. The topological polar surface area (TPSA) is 26.3 Å². The molecular formula is C10H16O2. The van der Waals surface area contributed by atoms with Crippen LogP contribution in [0.2, 0.25) is 0 Å². The van der Waals surface area contributed by atoms with Gasteiger partial charge in [-0.1, -0.05) is 18.6 Å². The highest BCUT2D eigenvalue weighted by Gasteiger charge is 2.29. The lowest BCUT2D eigenvalue weighted by atomic mass is 9.80. The van der Waals surface area contributed by atoms with Gasteiger partial charge in [0.25, 0.3) is 0 Å². The SMILES string of the molecule is COC(=O)C1C(C)=CCCC1C. The molecule has 0 N–H and O–H groups in total. The largest absolute Gasteiger partial charge is 0.469 e. The first-order valence-electron chi connectivity index (χ1n) is 4.41. The lowest BCUT2D eigenvalue weighted by Crippen LogP contribution is -2.26. The second-order valence-electron chi connectivity index (χ2n) is 3.50. The fourth-order valence-corrected chi connectivity index (χ4v) is 1.86. The van der Waals surface area contributed by atoms with E-state index in [1.165, 1.54) is 12.7 Å². The lowest BCUT2D eigenvalue weighted by molar-refractivity contribution is -0.145. The van der Waals surface area contributed by atoms with Crippen molar-refractivity contribution in [1.29, 1.82) is 0 Å². The highest BCUT2D eigenvalue weighted by molar-refractivity contribution is 5.76. The second-order valence-corrected chi connectivity index (χ2v) is 3.50. The second kappa shape index (κ2) is 3.74. The van der Waals surface area contributed by atoms with E-state index in [4.69, 9.17) is 4.74 Å². The fraction of sp³-hybridized carbons (Fsp3) is 0.700. The van der Waals surface area contributed by atoms with E-state index in [2.05, 4.69) is 13.0 Å². The van der Waals surface area contributed by atoms with Gasteiger partial charge in [0.15, 0.2) is 0 Å². The van der Waals surface area contributed by atoms with Crippen LogP contribution in [0.3, 0.4) is 0 Å². The average molecular weight is 168 g/mol. The third kappa shape index (κ3) is 1.68. The highest BCUT2D eigenvalue weighted by atomic mass is 16.5. The summed E-state index contributed by atoms with van der Waals surface area (Å²) in [6.45, 7) is 4.12. The summed E-state index contributed by atoms with van der Waals surface area (Å²) in [7, 11) is 1.46. The van der Waals surface area contributed by atoms with E-state index in [1.807, 2.05) is 6.92 Å². The Morgan fingerprint density at radius 3 is 2.83 bits per heavy atom. The van der Waals surface area contributed by atoms with Crippen molar-refractivity contribution < 1.29 is 9.53 Å². The number of hydrogen-bond donors (Lipinski definition) is 0. The van der Waals surface area contributed by atoms with Crippen LogP contribution in [-0.2, 0) is 9.53 Å². The molecule has 2 nitrogen and oxygen atoms in total. The summed E-state index contributed by atoms with van der Waals surface area (Å²) in [6.07, 6.45) is 4.33. The van der Waals surface area contributed by atoms with Crippen LogP contribution in [0.5, 0.6) is 0 Å². The van der Waals surface area contributed by atoms with Crippen molar-refractivity contribution in [3.8, 4) is 0 Å². The minimum atomic E-state index is -0.0871. The normalized spacial score (nSPS) is 29.4. The standard InChI is InChI=1S/C10H16O2/c1-7-5-4-6-8(2)9(7)10(11)12-3/h5,8-9H,4,6H2,1-3H3. The first-order valence-corrected chi connectivity index (χ1v) is 4.41. The Morgan fingerprint density at radius 1 is 1.67 bits per heavy atom. The van der Waals surface area contributed by atoms with Crippen LogP contribution in [0.15, 0.2) is 11.6 Å². The van der Waals surface area contributed by atoms with Gasteiger partial charge in [0.05, 0.1) is 13.0 Å². The summed E-state index contributed by atoms with van der Waals surface area (Å²) < 4.78 is 4.75. The van der Waals surface area contributed by atoms with Gasteiger partial charge in [0.2, 0.25) is 0 Å². The molecule has 12 heavy (non-hydrogen) atoms. The minimum Gasteiger partial charge on any atom is -0.469 e. The molecule has 2 unspecified atom stereocenters. The Kier molecular flexibility index (Phi) is 2.90. The number of esters is 1. The molecule has 0 fully saturated rings. The van der Waals surface area contributed by atoms with E-state index in [1.54, 1.807) is 0 Å². The summed E-state index contributed by atoms with van der Waals surface area (Å²) in [5.74, 6) is 0.349. The lowest BCUT2D eigenvalue weighted by Gasteiger charge is -2.26. The molecule has 1 aliphatic rings. The molecule has 1 rings (SSSR count). The summed E-state index contributed by atoms with van der Waals surface area (Å²) in [6, 6.07) is 0. The Balaban J connectivity index is 2.77. The van der Waals surface area contributed by atoms with Gasteiger partial charge in [-0.25, -0.2) is 0 Å². The maximum Gasteiger partial charge on any atom is 0.313 e. The number of carbonyl (C=O) groups is 1. The molecule has 0 saturated heterocycles. The molecule has 1 aliphatic carbocycles. The van der Waals surface area contributed by atoms with Crippen LogP contribution in [-0.4, -0.2) is 13.1 Å². The molecule has 0 aromatic rings. The van der Waals surface area contributed by atoms with Crippen molar-refractivity contribution in [1.82, 2.24) is 0 Å². The van der Waals surface area contributed by atoms with Gasteiger partial charge >= 0.3 is 5.97 Å². The summed E-state index contributed by atoms with van der Waals surface area (Å²) in [4.78, 5) is 11.3. The van der Waals surface area contributed by atoms with E-state index < -0.39 is 0 Å². The van der Waals surface area contributed by atoms with Crippen molar-refractivity contribution >= 4 is 5.97 Å². The minimum absolute atomic E-state index is 0.00347. The highest BCUT2D eigenvalue weighted by Crippen LogP contribution is 2.30. The number of rotatable bonds is 1. The van der Waals surface area contributed by atoms with Crippen LogP contribution in [0.1, 0.15) is 26.7 Å². The van der Waals surface area contributed by atoms with Gasteiger partial charge < -0.3 is 4.74 Å².